The van der Waals surface area contributed by atoms with E-state index in [1.165, 1.54) is 18.2 Å². The fraction of sp³-hybridized carbons (Fsp3) is 0. The summed E-state index contributed by atoms with van der Waals surface area (Å²) in [6.07, 6.45) is 0. The molecule has 0 spiro atoms. The molecule has 0 aliphatic carbocycles. The Morgan fingerprint density at radius 2 is 1.80 bits per heavy atom. The van der Waals surface area contributed by atoms with E-state index in [0.29, 0.717) is 10.2 Å². The predicted octanol–water partition coefficient (Wildman–Crippen LogP) is 4.37. The van der Waals surface area contributed by atoms with E-state index < -0.39 is 10.8 Å². The molecule has 0 radical (unpaired) electrons. The highest BCUT2D eigenvalue weighted by Gasteiger charge is 2.16. The maximum atomic E-state index is 12.2. The highest BCUT2D eigenvalue weighted by Crippen LogP contribution is 2.26. The van der Waals surface area contributed by atoms with E-state index in [-0.39, 0.29) is 11.3 Å². The van der Waals surface area contributed by atoms with Gasteiger partial charge in [-0.25, -0.2) is 0 Å². The fourth-order valence-electron chi connectivity index (χ4n) is 1.55. The summed E-state index contributed by atoms with van der Waals surface area (Å²) < 4.78 is 1.22. The normalized spacial score (nSPS) is 10.1. The van der Waals surface area contributed by atoms with E-state index in [9.17, 15) is 14.9 Å². The zero-order chi connectivity index (χ0) is 14.7. The molecule has 0 bridgehead atoms. The summed E-state index contributed by atoms with van der Waals surface area (Å²) >= 11 is 6.54. The Bertz CT molecular complexity index is 689. The lowest BCUT2D eigenvalue weighted by Crippen LogP contribution is -2.13. The van der Waals surface area contributed by atoms with Gasteiger partial charge < -0.3 is 5.32 Å². The van der Waals surface area contributed by atoms with Crippen LogP contribution in [0.5, 0.6) is 0 Å². The van der Waals surface area contributed by atoms with Crippen LogP contribution in [0.25, 0.3) is 0 Å². The number of halogens is 2. The Morgan fingerprint density at radius 3 is 2.45 bits per heavy atom. The number of rotatable bonds is 3. The van der Waals surface area contributed by atoms with Crippen molar-refractivity contribution < 1.29 is 9.72 Å². The Labute approximate surface area is 131 Å². The van der Waals surface area contributed by atoms with E-state index in [4.69, 9.17) is 0 Å². The summed E-state index contributed by atoms with van der Waals surface area (Å²) in [6.45, 7) is 0. The smallest absolute Gasteiger partial charge is 0.270 e. The van der Waals surface area contributed by atoms with Gasteiger partial charge in [0.25, 0.3) is 11.6 Å². The number of hydrogen-bond acceptors (Lipinski definition) is 3. The quantitative estimate of drug-likeness (QED) is 0.615. The van der Waals surface area contributed by atoms with Crippen molar-refractivity contribution in [1.29, 1.82) is 0 Å². The third-order valence-corrected chi connectivity index (χ3v) is 3.91. The van der Waals surface area contributed by atoms with Crippen LogP contribution < -0.4 is 5.32 Å². The highest BCUT2D eigenvalue weighted by atomic mass is 79.9. The maximum absolute atomic E-state index is 12.2. The van der Waals surface area contributed by atoms with Gasteiger partial charge in [-0.1, -0.05) is 12.1 Å². The standard InChI is InChI=1S/C13H8Br2N2O3/c14-10-6-5-8(17(19)20)7-9(10)13(18)16-12-4-2-1-3-11(12)15/h1-7H,(H,16,18). The van der Waals surface area contributed by atoms with Gasteiger partial charge in [0.15, 0.2) is 0 Å². The van der Waals surface area contributed by atoms with Crippen molar-refractivity contribution in [2.45, 2.75) is 0 Å². The monoisotopic (exact) mass is 398 g/mol. The van der Waals surface area contributed by atoms with Crippen LogP contribution in [0.2, 0.25) is 0 Å². The first-order valence-electron chi connectivity index (χ1n) is 5.49. The Hall–Kier alpha value is -1.73. The average Bonchev–Trinajstić information content (AvgIpc) is 2.41. The minimum absolute atomic E-state index is 0.134. The lowest BCUT2D eigenvalue weighted by molar-refractivity contribution is -0.384. The van der Waals surface area contributed by atoms with Gasteiger partial charge in [-0.05, 0) is 50.1 Å². The maximum Gasteiger partial charge on any atom is 0.270 e. The molecule has 1 N–H and O–H groups in total. The zero-order valence-corrected chi connectivity index (χ0v) is 13.1. The van der Waals surface area contributed by atoms with Gasteiger partial charge >= 0.3 is 0 Å². The molecule has 0 aliphatic rings. The number of para-hydroxylation sites is 1. The first kappa shape index (κ1) is 14.7. The first-order chi connectivity index (χ1) is 9.49. The van der Waals surface area contributed by atoms with Crippen molar-refractivity contribution in [2.75, 3.05) is 5.32 Å². The molecule has 0 heterocycles. The van der Waals surface area contributed by atoms with E-state index >= 15 is 0 Å². The summed E-state index contributed by atoms with van der Waals surface area (Å²) in [7, 11) is 0. The SMILES string of the molecule is O=C(Nc1ccccc1Br)c1cc([N+](=O)[O-])ccc1Br. The van der Waals surface area contributed by atoms with Crippen molar-refractivity contribution in [3.05, 3.63) is 67.1 Å². The van der Waals surface area contributed by atoms with E-state index in [0.717, 1.165) is 4.47 Å². The molecule has 0 aliphatic heterocycles. The number of carbonyl (C=O) groups excluding carboxylic acids is 1. The van der Waals surface area contributed by atoms with Crippen LogP contribution in [0.1, 0.15) is 10.4 Å². The molecule has 20 heavy (non-hydrogen) atoms. The molecule has 0 saturated carbocycles. The van der Waals surface area contributed by atoms with E-state index in [1.807, 2.05) is 6.07 Å². The van der Waals surface area contributed by atoms with Crippen molar-refractivity contribution in [3.8, 4) is 0 Å². The van der Waals surface area contributed by atoms with Crippen LogP contribution in [-0.4, -0.2) is 10.8 Å². The molecular weight excluding hydrogens is 392 g/mol. The van der Waals surface area contributed by atoms with Gasteiger partial charge in [-0.2, -0.15) is 0 Å². The Balaban J connectivity index is 2.32. The number of hydrogen-bond donors (Lipinski definition) is 1. The van der Waals surface area contributed by atoms with Crippen LogP contribution in [-0.2, 0) is 0 Å². The van der Waals surface area contributed by atoms with Crippen LogP contribution >= 0.6 is 31.9 Å². The van der Waals surface area contributed by atoms with Gasteiger partial charge in [-0.3, -0.25) is 14.9 Å². The molecule has 0 atom stereocenters. The summed E-state index contributed by atoms with van der Waals surface area (Å²) in [5.74, 6) is -0.424. The number of carbonyl (C=O) groups is 1. The number of nitro groups is 1. The van der Waals surface area contributed by atoms with Crippen LogP contribution in [0.4, 0.5) is 11.4 Å². The fourth-order valence-corrected chi connectivity index (χ4v) is 2.36. The number of nitrogens with one attached hydrogen (secondary N) is 1. The van der Waals surface area contributed by atoms with E-state index in [2.05, 4.69) is 37.2 Å². The molecule has 0 saturated heterocycles. The Morgan fingerprint density at radius 1 is 1.10 bits per heavy atom. The molecule has 2 aromatic rings. The summed E-state index contributed by atoms with van der Waals surface area (Å²) in [5.41, 5.74) is 0.663. The summed E-state index contributed by atoms with van der Waals surface area (Å²) in [4.78, 5) is 22.4. The lowest BCUT2D eigenvalue weighted by atomic mass is 10.2. The summed E-state index contributed by atoms with van der Waals surface area (Å²) in [6, 6.07) is 11.2. The second-order valence-corrected chi connectivity index (χ2v) is 5.56. The number of nitrogens with zero attached hydrogens (tertiary/aromatic N) is 1. The van der Waals surface area contributed by atoms with Crippen LogP contribution in [0, 0.1) is 10.1 Å². The molecule has 5 nitrogen and oxygen atoms in total. The average molecular weight is 400 g/mol. The van der Waals surface area contributed by atoms with Gasteiger partial charge in [0.1, 0.15) is 0 Å². The molecule has 1 amide bonds. The number of anilines is 1. The topological polar surface area (TPSA) is 72.2 Å². The second kappa shape index (κ2) is 6.15. The number of benzene rings is 2. The van der Waals surface area contributed by atoms with Gasteiger partial charge in [0, 0.05) is 21.1 Å². The predicted molar refractivity (Wildman–Crippen MR) is 82.9 cm³/mol. The van der Waals surface area contributed by atoms with Gasteiger partial charge in [0.2, 0.25) is 0 Å². The number of non-ortho nitro benzene ring substituents is 1. The minimum Gasteiger partial charge on any atom is -0.321 e. The molecule has 0 unspecified atom stereocenters. The highest BCUT2D eigenvalue weighted by molar-refractivity contribution is 9.11. The van der Waals surface area contributed by atoms with E-state index in [1.54, 1.807) is 18.2 Å². The number of amides is 1. The molecule has 0 fully saturated rings. The zero-order valence-electron chi connectivity index (χ0n) is 9.97. The third kappa shape index (κ3) is 3.23. The van der Waals surface area contributed by atoms with Gasteiger partial charge in [-0.15, -0.1) is 0 Å². The molecule has 2 aromatic carbocycles. The Kier molecular flexibility index (Phi) is 4.51. The van der Waals surface area contributed by atoms with Crippen LogP contribution in [0.15, 0.2) is 51.4 Å². The molecular formula is C13H8Br2N2O3. The molecule has 102 valence electrons. The second-order valence-electron chi connectivity index (χ2n) is 3.86. The van der Waals surface area contributed by atoms with Gasteiger partial charge in [0.05, 0.1) is 16.2 Å². The largest absolute Gasteiger partial charge is 0.321 e. The van der Waals surface area contributed by atoms with Crippen molar-refractivity contribution >= 4 is 49.1 Å². The van der Waals surface area contributed by atoms with Crippen LogP contribution in [0.3, 0.4) is 0 Å². The molecule has 0 aromatic heterocycles. The van der Waals surface area contributed by atoms with Crippen molar-refractivity contribution in [1.82, 2.24) is 0 Å². The minimum atomic E-state index is -0.540. The van der Waals surface area contributed by atoms with Crippen molar-refractivity contribution in [3.63, 3.8) is 0 Å². The molecule has 7 heteroatoms. The first-order valence-corrected chi connectivity index (χ1v) is 7.07. The lowest BCUT2D eigenvalue weighted by Gasteiger charge is -2.08. The molecule has 2 rings (SSSR count). The summed E-state index contributed by atoms with van der Waals surface area (Å²) in [5, 5.41) is 13.4. The number of nitro benzene ring substituents is 1. The van der Waals surface area contributed by atoms with Crippen molar-refractivity contribution in [2.24, 2.45) is 0 Å². The third-order valence-electron chi connectivity index (χ3n) is 2.53.